The van der Waals surface area contributed by atoms with Gasteiger partial charge in [0.05, 0.1) is 5.97 Å². The summed E-state index contributed by atoms with van der Waals surface area (Å²) in [5, 5.41) is 10.2. The summed E-state index contributed by atoms with van der Waals surface area (Å²) in [6, 6.07) is 4.85. The highest BCUT2D eigenvalue weighted by Gasteiger charge is 2.03. The highest BCUT2D eigenvalue weighted by Crippen LogP contribution is 2.19. The van der Waals surface area contributed by atoms with E-state index in [9.17, 15) is 14.7 Å². The number of benzene rings is 1. The standard InChI is InChI=1S/C11H12O4/c1-2-9-5-8(6-12)3-4-10(9)15-7-11(13)14/h3-6H,2,7H2,1H3,(H,13,14)/p-1. The molecule has 0 aromatic heterocycles. The molecule has 0 saturated carbocycles. The average molecular weight is 207 g/mol. The lowest BCUT2D eigenvalue weighted by Crippen LogP contribution is -2.29. The van der Waals surface area contributed by atoms with E-state index >= 15 is 0 Å². The minimum atomic E-state index is -1.27. The van der Waals surface area contributed by atoms with Gasteiger partial charge in [0.1, 0.15) is 18.6 Å². The van der Waals surface area contributed by atoms with Gasteiger partial charge in [-0.2, -0.15) is 0 Å². The first-order valence-electron chi connectivity index (χ1n) is 4.58. The SMILES string of the molecule is CCc1cc(C=O)ccc1OCC(=O)[O-]. The van der Waals surface area contributed by atoms with Crippen LogP contribution in [0, 0.1) is 0 Å². The normalized spacial score (nSPS) is 9.67. The van der Waals surface area contributed by atoms with E-state index in [4.69, 9.17) is 4.74 Å². The Morgan fingerprint density at radius 3 is 2.80 bits per heavy atom. The van der Waals surface area contributed by atoms with Gasteiger partial charge in [0.25, 0.3) is 0 Å². The number of hydrogen-bond donors (Lipinski definition) is 0. The largest absolute Gasteiger partial charge is 0.546 e. The monoisotopic (exact) mass is 207 g/mol. The van der Waals surface area contributed by atoms with E-state index in [1.807, 2.05) is 6.92 Å². The van der Waals surface area contributed by atoms with Gasteiger partial charge in [-0.15, -0.1) is 0 Å². The molecule has 0 fully saturated rings. The number of carboxylic acid groups (broad SMARTS) is 1. The van der Waals surface area contributed by atoms with Crippen LogP contribution in [-0.4, -0.2) is 18.9 Å². The van der Waals surface area contributed by atoms with E-state index in [0.717, 1.165) is 11.8 Å². The summed E-state index contributed by atoms with van der Waals surface area (Å²) in [5.74, 6) is -0.788. The molecule has 0 aliphatic carbocycles. The summed E-state index contributed by atoms with van der Waals surface area (Å²) in [6.07, 6.45) is 1.41. The van der Waals surface area contributed by atoms with E-state index < -0.39 is 12.6 Å². The second kappa shape index (κ2) is 5.14. The number of carbonyl (C=O) groups is 2. The maximum atomic E-state index is 10.5. The fourth-order valence-corrected chi connectivity index (χ4v) is 1.23. The molecular weight excluding hydrogens is 196 g/mol. The Bertz CT molecular complexity index is 371. The Kier molecular flexibility index (Phi) is 3.85. The predicted molar refractivity (Wildman–Crippen MR) is 51.7 cm³/mol. The first kappa shape index (κ1) is 11.2. The Hall–Kier alpha value is -1.84. The maximum Gasteiger partial charge on any atom is 0.150 e. The third-order valence-electron chi connectivity index (χ3n) is 1.95. The number of carbonyl (C=O) groups excluding carboxylic acids is 2. The van der Waals surface area contributed by atoms with Crippen molar-refractivity contribution in [2.75, 3.05) is 6.61 Å². The van der Waals surface area contributed by atoms with Crippen LogP contribution in [0.4, 0.5) is 0 Å². The molecule has 0 heterocycles. The molecule has 15 heavy (non-hydrogen) atoms. The van der Waals surface area contributed by atoms with E-state index in [-0.39, 0.29) is 0 Å². The van der Waals surface area contributed by atoms with Crippen molar-refractivity contribution in [3.05, 3.63) is 29.3 Å². The number of carboxylic acids is 1. The van der Waals surface area contributed by atoms with E-state index in [1.54, 1.807) is 18.2 Å². The van der Waals surface area contributed by atoms with Crippen molar-refractivity contribution >= 4 is 12.3 Å². The first-order chi connectivity index (χ1) is 7.17. The minimum Gasteiger partial charge on any atom is -0.546 e. The van der Waals surface area contributed by atoms with Crippen LogP contribution in [-0.2, 0) is 11.2 Å². The van der Waals surface area contributed by atoms with Gasteiger partial charge in [0, 0.05) is 5.56 Å². The Labute approximate surface area is 87.5 Å². The highest BCUT2D eigenvalue weighted by molar-refractivity contribution is 5.75. The molecule has 1 aromatic carbocycles. The lowest BCUT2D eigenvalue weighted by molar-refractivity contribution is -0.307. The summed E-state index contributed by atoms with van der Waals surface area (Å²) in [7, 11) is 0. The third kappa shape index (κ3) is 3.09. The second-order valence-electron chi connectivity index (χ2n) is 3.00. The van der Waals surface area contributed by atoms with Crippen molar-refractivity contribution < 1.29 is 19.4 Å². The summed E-state index contributed by atoms with van der Waals surface area (Å²) >= 11 is 0. The Balaban J connectivity index is 2.87. The smallest absolute Gasteiger partial charge is 0.150 e. The lowest BCUT2D eigenvalue weighted by Gasteiger charge is -2.11. The summed E-state index contributed by atoms with van der Waals surface area (Å²) < 4.78 is 5.01. The fraction of sp³-hybridized carbons (Fsp3) is 0.273. The van der Waals surface area contributed by atoms with Crippen molar-refractivity contribution in [3.8, 4) is 5.75 Å². The van der Waals surface area contributed by atoms with Crippen LogP contribution < -0.4 is 9.84 Å². The van der Waals surface area contributed by atoms with Crippen LogP contribution in [0.1, 0.15) is 22.8 Å². The Morgan fingerprint density at radius 1 is 1.53 bits per heavy atom. The molecule has 80 valence electrons. The van der Waals surface area contributed by atoms with E-state index in [1.165, 1.54) is 0 Å². The van der Waals surface area contributed by atoms with Crippen LogP contribution in [0.5, 0.6) is 5.75 Å². The van der Waals surface area contributed by atoms with Crippen LogP contribution in [0.2, 0.25) is 0 Å². The fourth-order valence-electron chi connectivity index (χ4n) is 1.23. The van der Waals surface area contributed by atoms with Crippen LogP contribution in [0.25, 0.3) is 0 Å². The minimum absolute atomic E-state index is 0.479. The highest BCUT2D eigenvalue weighted by atomic mass is 16.5. The van der Waals surface area contributed by atoms with Gasteiger partial charge < -0.3 is 14.6 Å². The molecule has 0 spiro atoms. The molecule has 0 saturated heterocycles. The predicted octanol–water partition coefficient (Wildman–Crippen LogP) is 0.190. The average Bonchev–Trinajstić information content (AvgIpc) is 2.25. The van der Waals surface area contributed by atoms with Crippen molar-refractivity contribution in [1.29, 1.82) is 0 Å². The number of aryl methyl sites for hydroxylation is 1. The lowest BCUT2D eigenvalue weighted by atomic mass is 10.1. The molecule has 0 N–H and O–H groups in total. The van der Waals surface area contributed by atoms with Crippen molar-refractivity contribution in [3.63, 3.8) is 0 Å². The zero-order valence-corrected chi connectivity index (χ0v) is 8.36. The molecular formula is C11H11O4-. The zero-order chi connectivity index (χ0) is 11.3. The maximum absolute atomic E-state index is 10.5. The zero-order valence-electron chi connectivity index (χ0n) is 8.36. The van der Waals surface area contributed by atoms with Crippen LogP contribution >= 0.6 is 0 Å². The summed E-state index contributed by atoms with van der Waals surface area (Å²) in [4.78, 5) is 20.7. The molecule has 4 heteroatoms. The van der Waals surface area contributed by atoms with Gasteiger partial charge in [0.15, 0.2) is 0 Å². The summed E-state index contributed by atoms with van der Waals surface area (Å²) in [5.41, 5.74) is 1.36. The van der Waals surface area contributed by atoms with Crippen LogP contribution in [0.3, 0.4) is 0 Å². The summed E-state index contributed by atoms with van der Waals surface area (Å²) in [6.45, 7) is 1.42. The number of hydrogen-bond acceptors (Lipinski definition) is 4. The number of ether oxygens (including phenoxy) is 1. The van der Waals surface area contributed by atoms with Gasteiger partial charge in [-0.25, -0.2) is 0 Å². The molecule has 1 rings (SSSR count). The van der Waals surface area contributed by atoms with E-state index in [2.05, 4.69) is 0 Å². The molecule has 0 bridgehead atoms. The third-order valence-corrected chi connectivity index (χ3v) is 1.95. The van der Waals surface area contributed by atoms with Gasteiger partial charge in [0.2, 0.25) is 0 Å². The molecule has 4 nitrogen and oxygen atoms in total. The molecule has 0 atom stereocenters. The molecule has 0 aliphatic heterocycles. The molecule has 0 aliphatic rings. The number of aldehydes is 1. The second-order valence-corrected chi connectivity index (χ2v) is 3.00. The quantitative estimate of drug-likeness (QED) is 0.646. The van der Waals surface area contributed by atoms with Crippen molar-refractivity contribution in [2.45, 2.75) is 13.3 Å². The molecule has 0 amide bonds. The van der Waals surface area contributed by atoms with E-state index in [0.29, 0.717) is 17.7 Å². The first-order valence-corrected chi connectivity index (χ1v) is 4.58. The topological polar surface area (TPSA) is 66.4 Å². The van der Waals surface area contributed by atoms with Crippen LogP contribution in [0.15, 0.2) is 18.2 Å². The van der Waals surface area contributed by atoms with Gasteiger partial charge >= 0.3 is 0 Å². The number of aliphatic carboxylic acids is 1. The molecule has 0 unspecified atom stereocenters. The van der Waals surface area contributed by atoms with Gasteiger partial charge in [-0.1, -0.05) is 6.92 Å². The molecule has 1 aromatic rings. The number of rotatable bonds is 5. The van der Waals surface area contributed by atoms with Crippen molar-refractivity contribution in [1.82, 2.24) is 0 Å². The Morgan fingerprint density at radius 2 is 2.27 bits per heavy atom. The van der Waals surface area contributed by atoms with Gasteiger partial charge in [-0.3, -0.25) is 4.79 Å². The van der Waals surface area contributed by atoms with Gasteiger partial charge in [-0.05, 0) is 30.2 Å². The van der Waals surface area contributed by atoms with Crippen molar-refractivity contribution in [2.24, 2.45) is 0 Å². The molecule has 0 radical (unpaired) electrons.